The molecule has 192 valence electrons. The Morgan fingerprint density at radius 3 is 2.41 bits per heavy atom. The monoisotopic (exact) mass is 527 g/mol. The van der Waals surface area contributed by atoms with E-state index in [9.17, 15) is 23.2 Å². The van der Waals surface area contributed by atoms with Crippen molar-refractivity contribution < 1.29 is 22.7 Å². The number of carbonyl (C=O) groups is 1. The topological polar surface area (TPSA) is 75.0 Å². The van der Waals surface area contributed by atoms with Gasteiger partial charge in [-0.25, -0.2) is 4.98 Å². The van der Waals surface area contributed by atoms with Crippen LogP contribution in [0.4, 0.5) is 13.2 Å². The predicted octanol–water partition coefficient (Wildman–Crippen LogP) is 6.96. The van der Waals surface area contributed by atoms with E-state index in [-0.39, 0.29) is 12.3 Å². The van der Waals surface area contributed by atoms with Gasteiger partial charge in [-0.1, -0.05) is 42.8 Å². The van der Waals surface area contributed by atoms with Crippen molar-refractivity contribution in [1.82, 2.24) is 10.3 Å². The molecule has 1 unspecified atom stereocenters. The number of hydrogen-bond acceptors (Lipinski definition) is 4. The maximum Gasteiger partial charge on any atom is 0.417 e. The zero-order valence-corrected chi connectivity index (χ0v) is 21.2. The van der Waals surface area contributed by atoms with Gasteiger partial charge in [0.2, 0.25) is 5.88 Å². The predicted molar refractivity (Wildman–Crippen MR) is 136 cm³/mol. The Kier molecular flexibility index (Phi) is 8.61. The Balaban J connectivity index is 1.91. The molecular formula is C28H25ClF3N3O2. The Morgan fingerprint density at radius 2 is 1.84 bits per heavy atom. The highest BCUT2D eigenvalue weighted by atomic mass is 35.5. The summed E-state index contributed by atoms with van der Waals surface area (Å²) in [7, 11) is 0. The minimum absolute atomic E-state index is 0.0998. The molecule has 0 aliphatic heterocycles. The molecule has 1 amide bonds. The molecule has 1 aromatic heterocycles. The van der Waals surface area contributed by atoms with Crippen LogP contribution in [0.1, 0.15) is 49.4 Å². The van der Waals surface area contributed by atoms with Gasteiger partial charge in [0.15, 0.2) is 5.60 Å². The van der Waals surface area contributed by atoms with Gasteiger partial charge < -0.3 is 10.1 Å². The van der Waals surface area contributed by atoms with Crippen molar-refractivity contribution in [3.05, 3.63) is 99.8 Å². The van der Waals surface area contributed by atoms with Crippen LogP contribution in [0.15, 0.2) is 72.6 Å². The number of nitriles is 1. The Hall–Kier alpha value is -3.83. The number of pyridine rings is 1. The number of alkyl halides is 3. The number of carbonyl (C=O) groups excluding carboxylic acids is 1. The number of nitrogens with one attached hydrogen (secondary N) is 1. The molecule has 0 spiro atoms. The normalized spacial score (nSPS) is 13.7. The fourth-order valence-corrected chi connectivity index (χ4v) is 3.66. The standard InChI is InChI=1S/C28H25ClF3N3O2/c1-4-27(3,37-25-13-10-22(17-34-25)28(30,31)32)26(36)35-18(2)24(15-19-8-11-23(29)12-9-19)21-7-5-6-20(14-21)16-33/h5-14,17H,4,15H2,1-3H3,(H,35,36)/b24-18-. The maximum atomic E-state index is 13.3. The van der Waals surface area contributed by atoms with Gasteiger partial charge in [0.25, 0.3) is 5.91 Å². The van der Waals surface area contributed by atoms with Crippen molar-refractivity contribution in [3.63, 3.8) is 0 Å². The third-order valence-corrected chi connectivity index (χ3v) is 6.19. The highest BCUT2D eigenvalue weighted by molar-refractivity contribution is 6.30. The lowest BCUT2D eigenvalue weighted by Crippen LogP contribution is -2.48. The molecule has 2 aromatic carbocycles. The fraction of sp³-hybridized carbons (Fsp3) is 0.250. The minimum atomic E-state index is -4.53. The van der Waals surface area contributed by atoms with E-state index in [1.807, 2.05) is 18.2 Å². The molecule has 0 aliphatic rings. The number of ether oxygens (including phenoxy) is 1. The lowest BCUT2D eigenvalue weighted by Gasteiger charge is -2.28. The summed E-state index contributed by atoms with van der Waals surface area (Å²) in [6.07, 6.45) is -3.18. The summed E-state index contributed by atoms with van der Waals surface area (Å²) in [5, 5.41) is 12.8. The number of amides is 1. The summed E-state index contributed by atoms with van der Waals surface area (Å²) >= 11 is 6.02. The van der Waals surface area contributed by atoms with Crippen molar-refractivity contribution in [2.75, 3.05) is 0 Å². The third-order valence-electron chi connectivity index (χ3n) is 5.94. The summed E-state index contributed by atoms with van der Waals surface area (Å²) in [4.78, 5) is 17.1. The summed E-state index contributed by atoms with van der Waals surface area (Å²) in [6.45, 7) is 5.02. The molecule has 0 saturated carbocycles. The van der Waals surface area contributed by atoms with E-state index in [4.69, 9.17) is 16.3 Å². The smallest absolute Gasteiger partial charge is 0.417 e. The van der Waals surface area contributed by atoms with E-state index in [1.165, 1.54) is 0 Å². The first-order valence-electron chi connectivity index (χ1n) is 11.4. The number of benzene rings is 2. The van der Waals surface area contributed by atoms with Crippen LogP contribution in [0.25, 0.3) is 5.57 Å². The zero-order chi connectivity index (χ0) is 27.2. The molecule has 37 heavy (non-hydrogen) atoms. The van der Waals surface area contributed by atoms with Crippen LogP contribution in [-0.2, 0) is 17.4 Å². The van der Waals surface area contributed by atoms with Crippen LogP contribution in [0.3, 0.4) is 0 Å². The second-order valence-electron chi connectivity index (χ2n) is 8.62. The molecule has 0 fully saturated rings. The largest absolute Gasteiger partial charge is 0.461 e. The van der Waals surface area contributed by atoms with Crippen LogP contribution in [-0.4, -0.2) is 16.5 Å². The van der Waals surface area contributed by atoms with Crippen molar-refractivity contribution >= 4 is 23.1 Å². The van der Waals surface area contributed by atoms with Gasteiger partial charge in [0, 0.05) is 23.0 Å². The second kappa shape index (κ2) is 11.5. The average Bonchev–Trinajstić information content (AvgIpc) is 2.87. The number of allylic oxidation sites excluding steroid dienone is 2. The first-order chi connectivity index (χ1) is 17.4. The number of hydrogen-bond donors (Lipinski definition) is 1. The molecule has 1 atom stereocenters. The van der Waals surface area contributed by atoms with Gasteiger partial charge >= 0.3 is 6.18 Å². The molecule has 3 aromatic rings. The average molecular weight is 528 g/mol. The summed E-state index contributed by atoms with van der Waals surface area (Å²) in [6, 6.07) is 18.4. The van der Waals surface area contributed by atoms with Crippen molar-refractivity contribution in [3.8, 4) is 11.9 Å². The Labute approximate surface area is 218 Å². The zero-order valence-electron chi connectivity index (χ0n) is 20.5. The molecule has 0 saturated heterocycles. The third kappa shape index (κ3) is 7.11. The first-order valence-corrected chi connectivity index (χ1v) is 11.8. The number of nitrogens with zero attached hydrogens (tertiary/aromatic N) is 2. The van der Waals surface area contributed by atoms with Gasteiger partial charge in [0.05, 0.1) is 17.2 Å². The lowest BCUT2D eigenvalue weighted by molar-refractivity contribution is -0.138. The molecule has 1 N–H and O–H groups in total. The van der Waals surface area contributed by atoms with E-state index in [0.717, 1.165) is 28.8 Å². The lowest BCUT2D eigenvalue weighted by atomic mass is 9.94. The summed E-state index contributed by atoms with van der Waals surface area (Å²) < 4.78 is 44.3. The Bertz CT molecular complexity index is 1330. The van der Waals surface area contributed by atoms with Gasteiger partial charge in [-0.2, -0.15) is 18.4 Å². The highest BCUT2D eigenvalue weighted by Gasteiger charge is 2.36. The van der Waals surface area contributed by atoms with Crippen LogP contribution < -0.4 is 10.1 Å². The second-order valence-corrected chi connectivity index (χ2v) is 9.06. The molecule has 5 nitrogen and oxygen atoms in total. The van der Waals surface area contributed by atoms with Gasteiger partial charge in [0.1, 0.15) is 0 Å². The first kappa shape index (κ1) is 27.8. The van der Waals surface area contributed by atoms with Crippen LogP contribution in [0.5, 0.6) is 5.88 Å². The minimum Gasteiger partial charge on any atom is -0.461 e. The van der Waals surface area contributed by atoms with E-state index in [1.54, 1.807) is 51.1 Å². The van der Waals surface area contributed by atoms with Crippen LogP contribution in [0, 0.1) is 11.3 Å². The van der Waals surface area contributed by atoms with Gasteiger partial charge in [-0.15, -0.1) is 0 Å². The van der Waals surface area contributed by atoms with Gasteiger partial charge in [-0.05, 0) is 73.7 Å². The highest BCUT2D eigenvalue weighted by Crippen LogP contribution is 2.30. The molecule has 1 heterocycles. The van der Waals surface area contributed by atoms with E-state index < -0.39 is 23.2 Å². The van der Waals surface area contributed by atoms with E-state index >= 15 is 0 Å². The van der Waals surface area contributed by atoms with Crippen LogP contribution in [0.2, 0.25) is 5.02 Å². The quantitative estimate of drug-likeness (QED) is 0.343. The summed E-state index contributed by atoms with van der Waals surface area (Å²) in [5.41, 5.74) is 1.17. The molecule has 0 bridgehead atoms. The van der Waals surface area contributed by atoms with Crippen molar-refractivity contribution in [1.29, 1.82) is 5.26 Å². The molecule has 9 heteroatoms. The summed E-state index contributed by atoms with van der Waals surface area (Å²) in [5.74, 6) is -0.587. The number of rotatable bonds is 8. The fourth-order valence-electron chi connectivity index (χ4n) is 3.53. The SMILES string of the molecule is CCC(C)(Oc1ccc(C(F)(F)F)cn1)C(=O)N/C(C)=C(/Cc1ccc(Cl)cc1)c1cccc(C#N)c1. The molecule has 3 rings (SSSR count). The molecular weight excluding hydrogens is 503 g/mol. The molecule has 0 aliphatic carbocycles. The van der Waals surface area contributed by atoms with Crippen molar-refractivity contribution in [2.45, 2.75) is 45.4 Å². The van der Waals surface area contributed by atoms with E-state index in [0.29, 0.717) is 28.9 Å². The molecule has 0 radical (unpaired) electrons. The Morgan fingerprint density at radius 1 is 1.14 bits per heavy atom. The van der Waals surface area contributed by atoms with Crippen LogP contribution >= 0.6 is 11.6 Å². The van der Waals surface area contributed by atoms with Gasteiger partial charge in [-0.3, -0.25) is 4.79 Å². The van der Waals surface area contributed by atoms with E-state index in [2.05, 4.69) is 16.4 Å². The number of aromatic nitrogens is 1. The maximum absolute atomic E-state index is 13.3. The van der Waals surface area contributed by atoms with Crippen molar-refractivity contribution in [2.24, 2.45) is 0 Å². The number of halogens is 4.